The molecular weight excluding hydrogens is 256 g/mol. The highest BCUT2D eigenvalue weighted by molar-refractivity contribution is 8.01. The fourth-order valence-corrected chi connectivity index (χ4v) is 2.95. The number of benzene rings is 1. The van der Waals surface area contributed by atoms with Gasteiger partial charge in [-0.1, -0.05) is 26.8 Å². The molecule has 0 bridgehead atoms. The summed E-state index contributed by atoms with van der Waals surface area (Å²) < 4.78 is 0.124. The van der Waals surface area contributed by atoms with Gasteiger partial charge in [0.15, 0.2) is 0 Å². The summed E-state index contributed by atoms with van der Waals surface area (Å²) in [6.45, 7) is 6.37. The minimum atomic E-state index is 0.120. The number of nitrogen functional groups attached to an aromatic ring is 1. The van der Waals surface area contributed by atoms with Crippen molar-refractivity contribution in [3.8, 4) is 0 Å². The number of aryl methyl sites for hydroxylation is 1. The summed E-state index contributed by atoms with van der Waals surface area (Å²) >= 11 is 1.68. The zero-order valence-electron chi connectivity index (χ0n) is 11.8. The highest BCUT2D eigenvalue weighted by Gasteiger charge is 2.24. The van der Waals surface area contributed by atoms with Crippen LogP contribution in [0.3, 0.4) is 0 Å². The van der Waals surface area contributed by atoms with E-state index in [1.54, 1.807) is 11.8 Å². The molecule has 2 rings (SSSR count). The molecule has 1 aromatic carbocycles. The average Bonchev–Trinajstić information content (AvgIpc) is 2.68. The first-order chi connectivity index (χ1) is 8.85. The number of rotatable bonds is 3. The zero-order valence-corrected chi connectivity index (χ0v) is 12.6. The van der Waals surface area contributed by atoms with Crippen LogP contribution in [0.15, 0.2) is 18.2 Å². The van der Waals surface area contributed by atoms with E-state index in [-0.39, 0.29) is 16.7 Å². The van der Waals surface area contributed by atoms with Gasteiger partial charge in [0.1, 0.15) is 0 Å². The average molecular weight is 278 g/mol. The normalized spacial score (nSPS) is 18.2. The van der Waals surface area contributed by atoms with Crippen LogP contribution in [0.25, 0.3) is 0 Å². The fraction of sp³-hybridized carbons (Fsp3) is 0.533. The molecule has 1 unspecified atom stereocenters. The fourth-order valence-electron chi connectivity index (χ4n) is 2.31. The third kappa shape index (κ3) is 3.90. The molecule has 1 atom stereocenters. The molecule has 0 fully saturated rings. The molecule has 0 heterocycles. The van der Waals surface area contributed by atoms with Gasteiger partial charge >= 0.3 is 0 Å². The van der Waals surface area contributed by atoms with Gasteiger partial charge in [0, 0.05) is 10.4 Å². The molecule has 19 heavy (non-hydrogen) atoms. The number of carbonyl (C=O) groups is 1. The first-order valence-corrected chi connectivity index (χ1v) is 7.65. The van der Waals surface area contributed by atoms with Gasteiger partial charge in [0.05, 0.1) is 11.8 Å². The predicted octanol–water partition coefficient (Wildman–Crippen LogP) is 2.90. The number of anilines is 1. The molecule has 3 N–H and O–H groups in total. The Kier molecular flexibility index (Phi) is 4.09. The Morgan fingerprint density at radius 3 is 2.89 bits per heavy atom. The van der Waals surface area contributed by atoms with Crippen molar-refractivity contribution < 1.29 is 4.79 Å². The maximum absolute atomic E-state index is 12.0. The molecule has 1 aliphatic carbocycles. The molecule has 1 amide bonds. The summed E-state index contributed by atoms with van der Waals surface area (Å²) in [6, 6.07) is 6.13. The first kappa shape index (κ1) is 14.3. The van der Waals surface area contributed by atoms with Crippen molar-refractivity contribution in [2.24, 2.45) is 0 Å². The van der Waals surface area contributed by atoms with Gasteiger partial charge in [0.25, 0.3) is 0 Å². The number of nitrogens with one attached hydrogen (secondary N) is 1. The number of amides is 1. The van der Waals surface area contributed by atoms with Crippen LogP contribution in [0, 0.1) is 0 Å². The van der Waals surface area contributed by atoms with Crippen LogP contribution in [0.2, 0.25) is 0 Å². The predicted molar refractivity (Wildman–Crippen MR) is 82.3 cm³/mol. The Bertz CT molecular complexity index is 480. The van der Waals surface area contributed by atoms with E-state index in [4.69, 9.17) is 5.73 Å². The van der Waals surface area contributed by atoms with E-state index in [9.17, 15) is 4.79 Å². The lowest BCUT2D eigenvalue weighted by Gasteiger charge is -2.19. The van der Waals surface area contributed by atoms with Crippen LogP contribution in [0.5, 0.6) is 0 Å². The molecular formula is C15H22N2OS. The summed E-state index contributed by atoms with van der Waals surface area (Å²) in [7, 11) is 0. The quantitative estimate of drug-likeness (QED) is 0.836. The zero-order chi connectivity index (χ0) is 14.0. The number of fused-ring (bicyclic) bond motifs is 1. The Hall–Kier alpha value is -1.16. The summed E-state index contributed by atoms with van der Waals surface area (Å²) in [6.07, 6.45) is 1.97. The second-order valence-electron chi connectivity index (χ2n) is 6.02. The third-order valence-electron chi connectivity index (χ3n) is 3.22. The summed E-state index contributed by atoms with van der Waals surface area (Å²) in [5, 5.41) is 3.13. The Morgan fingerprint density at radius 2 is 2.21 bits per heavy atom. The van der Waals surface area contributed by atoms with Gasteiger partial charge in [-0.15, -0.1) is 11.8 Å². The minimum absolute atomic E-state index is 0.120. The van der Waals surface area contributed by atoms with Crippen LogP contribution in [0.4, 0.5) is 5.69 Å². The SMILES string of the molecule is CC(C)(C)SCC(=O)NC1CCc2cc(N)ccc21. The lowest BCUT2D eigenvalue weighted by atomic mass is 10.1. The molecule has 1 aliphatic rings. The minimum Gasteiger partial charge on any atom is -0.399 e. The second kappa shape index (κ2) is 5.45. The molecule has 0 radical (unpaired) electrons. The topological polar surface area (TPSA) is 55.1 Å². The van der Waals surface area contributed by atoms with E-state index < -0.39 is 0 Å². The van der Waals surface area contributed by atoms with Gasteiger partial charge in [-0.2, -0.15) is 0 Å². The van der Waals surface area contributed by atoms with Crippen molar-refractivity contribution in [1.82, 2.24) is 5.32 Å². The van der Waals surface area contributed by atoms with Gasteiger partial charge < -0.3 is 11.1 Å². The van der Waals surface area contributed by atoms with Gasteiger partial charge in [-0.25, -0.2) is 0 Å². The molecule has 4 heteroatoms. The molecule has 0 spiro atoms. The van der Waals surface area contributed by atoms with E-state index in [0.717, 1.165) is 18.5 Å². The van der Waals surface area contributed by atoms with Crippen LogP contribution in [-0.4, -0.2) is 16.4 Å². The number of nitrogens with two attached hydrogens (primary N) is 1. The molecule has 0 saturated carbocycles. The monoisotopic (exact) mass is 278 g/mol. The van der Waals surface area contributed by atoms with E-state index in [1.807, 2.05) is 18.2 Å². The molecule has 0 aliphatic heterocycles. The summed E-state index contributed by atoms with van der Waals surface area (Å²) in [4.78, 5) is 12.0. The number of thioether (sulfide) groups is 1. The van der Waals surface area contributed by atoms with Crippen LogP contribution < -0.4 is 11.1 Å². The summed E-state index contributed by atoms with van der Waals surface area (Å²) in [5.74, 6) is 0.638. The number of hydrogen-bond acceptors (Lipinski definition) is 3. The smallest absolute Gasteiger partial charge is 0.230 e. The molecule has 1 aromatic rings. The van der Waals surface area contributed by atoms with Gasteiger partial charge in [-0.3, -0.25) is 4.79 Å². The lowest BCUT2D eigenvalue weighted by Crippen LogP contribution is -2.30. The van der Waals surface area contributed by atoms with Crippen molar-refractivity contribution in [2.45, 2.75) is 44.4 Å². The first-order valence-electron chi connectivity index (χ1n) is 6.67. The van der Waals surface area contributed by atoms with Gasteiger partial charge in [0.2, 0.25) is 5.91 Å². The maximum Gasteiger partial charge on any atom is 0.230 e. The van der Waals surface area contributed by atoms with Gasteiger partial charge in [-0.05, 0) is 36.1 Å². The highest BCUT2D eigenvalue weighted by Crippen LogP contribution is 2.32. The molecule has 104 valence electrons. The Labute approximate surface area is 119 Å². The Morgan fingerprint density at radius 1 is 1.47 bits per heavy atom. The van der Waals surface area contributed by atoms with Crippen molar-refractivity contribution in [1.29, 1.82) is 0 Å². The van der Waals surface area contributed by atoms with E-state index >= 15 is 0 Å². The van der Waals surface area contributed by atoms with E-state index in [2.05, 4.69) is 26.1 Å². The van der Waals surface area contributed by atoms with Crippen molar-refractivity contribution in [3.63, 3.8) is 0 Å². The standard InChI is InChI=1S/C15H22N2OS/c1-15(2,3)19-9-14(18)17-13-7-4-10-8-11(16)5-6-12(10)13/h5-6,8,13H,4,7,9,16H2,1-3H3,(H,17,18). The molecule has 3 nitrogen and oxygen atoms in total. The van der Waals surface area contributed by atoms with Crippen molar-refractivity contribution in [2.75, 3.05) is 11.5 Å². The van der Waals surface area contributed by atoms with Crippen molar-refractivity contribution >= 4 is 23.4 Å². The van der Waals surface area contributed by atoms with Crippen molar-refractivity contribution in [3.05, 3.63) is 29.3 Å². The van der Waals surface area contributed by atoms with Crippen LogP contribution in [0.1, 0.15) is 44.4 Å². The number of hydrogen-bond donors (Lipinski definition) is 2. The molecule has 0 saturated heterocycles. The van der Waals surface area contributed by atoms with Crippen LogP contribution >= 0.6 is 11.8 Å². The largest absolute Gasteiger partial charge is 0.399 e. The van der Waals surface area contributed by atoms with E-state index in [0.29, 0.717) is 5.75 Å². The summed E-state index contributed by atoms with van der Waals surface area (Å²) in [5.41, 5.74) is 9.08. The maximum atomic E-state index is 12.0. The third-order valence-corrected chi connectivity index (χ3v) is 4.49. The second-order valence-corrected chi connectivity index (χ2v) is 7.82. The Balaban J connectivity index is 1.94. The van der Waals surface area contributed by atoms with Crippen LogP contribution in [-0.2, 0) is 11.2 Å². The lowest BCUT2D eigenvalue weighted by molar-refractivity contribution is -0.119. The number of carbonyl (C=O) groups excluding carboxylic acids is 1. The highest BCUT2D eigenvalue weighted by atomic mass is 32.2. The van der Waals surface area contributed by atoms with E-state index in [1.165, 1.54) is 11.1 Å². The molecule has 0 aromatic heterocycles.